The fourth-order valence-electron chi connectivity index (χ4n) is 3.50. The molecular formula is C28H24N4O6S. The molecule has 0 atom stereocenters. The van der Waals surface area contributed by atoms with Crippen LogP contribution in [-0.4, -0.2) is 32.0 Å². The first-order valence-corrected chi connectivity index (χ1v) is 13.2. The molecule has 0 aliphatic heterocycles. The summed E-state index contributed by atoms with van der Waals surface area (Å²) >= 11 is 0. The highest BCUT2D eigenvalue weighted by Gasteiger charge is 2.26. The summed E-state index contributed by atoms with van der Waals surface area (Å²) in [7, 11) is -3.99. The number of rotatable bonds is 11. The number of hydrogen-bond donors (Lipinski definition) is 1. The molecule has 0 spiro atoms. The van der Waals surface area contributed by atoms with Gasteiger partial charge >= 0.3 is 0 Å². The molecule has 0 radical (unpaired) electrons. The summed E-state index contributed by atoms with van der Waals surface area (Å²) < 4.78 is 33.2. The molecule has 0 saturated heterocycles. The van der Waals surface area contributed by atoms with Crippen LogP contribution in [0.15, 0.2) is 119 Å². The van der Waals surface area contributed by atoms with E-state index in [1.165, 1.54) is 30.5 Å². The van der Waals surface area contributed by atoms with E-state index in [0.29, 0.717) is 17.0 Å². The van der Waals surface area contributed by atoms with E-state index in [1.807, 2.05) is 0 Å². The van der Waals surface area contributed by atoms with Crippen molar-refractivity contribution in [3.8, 4) is 5.75 Å². The maximum atomic E-state index is 13.2. The summed E-state index contributed by atoms with van der Waals surface area (Å²) in [6.45, 7) is -0.223. The van der Waals surface area contributed by atoms with Crippen LogP contribution >= 0.6 is 0 Å². The molecule has 0 aliphatic rings. The number of para-hydroxylation sites is 1. The highest BCUT2D eigenvalue weighted by Crippen LogP contribution is 2.23. The van der Waals surface area contributed by atoms with Crippen LogP contribution in [0.25, 0.3) is 0 Å². The zero-order chi connectivity index (χ0) is 27.7. The lowest BCUT2D eigenvalue weighted by molar-refractivity contribution is -0.384. The number of nitrogens with zero attached hydrogens (tertiary/aromatic N) is 3. The Hall–Kier alpha value is -5.03. The Balaban J connectivity index is 1.35. The number of nitrogens with one attached hydrogen (secondary N) is 1. The molecule has 11 heteroatoms. The van der Waals surface area contributed by atoms with Crippen LogP contribution in [0.5, 0.6) is 5.75 Å². The van der Waals surface area contributed by atoms with Crippen LogP contribution in [0.1, 0.15) is 11.1 Å². The molecule has 0 saturated carbocycles. The van der Waals surface area contributed by atoms with Crippen LogP contribution in [0.2, 0.25) is 0 Å². The molecule has 10 nitrogen and oxygen atoms in total. The van der Waals surface area contributed by atoms with Crippen LogP contribution in [-0.2, 0) is 21.4 Å². The van der Waals surface area contributed by atoms with Gasteiger partial charge in [0.2, 0.25) is 0 Å². The number of nitro benzene ring substituents is 1. The molecule has 1 N–H and O–H groups in total. The van der Waals surface area contributed by atoms with E-state index in [2.05, 4.69) is 10.5 Å². The van der Waals surface area contributed by atoms with Gasteiger partial charge in [-0.3, -0.25) is 19.2 Å². The van der Waals surface area contributed by atoms with Gasteiger partial charge in [-0.15, -0.1) is 0 Å². The minimum absolute atomic E-state index is 0.0140. The molecule has 1 amide bonds. The maximum Gasteiger partial charge on any atom is 0.269 e. The Bertz CT molecular complexity index is 1540. The smallest absolute Gasteiger partial charge is 0.269 e. The normalized spacial score (nSPS) is 11.2. The van der Waals surface area contributed by atoms with Crippen molar-refractivity contribution in [3.05, 3.63) is 130 Å². The number of non-ortho nitro benzene ring substituents is 1. The van der Waals surface area contributed by atoms with Gasteiger partial charge in [-0.2, -0.15) is 5.10 Å². The highest BCUT2D eigenvalue weighted by atomic mass is 32.2. The summed E-state index contributed by atoms with van der Waals surface area (Å²) in [5.74, 6) is -0.0307. The Morgan fingerprint density at radius 2 is 1.51 bits per heavy atom. The molecule has 0 unspecified atom stereocenters. The fourth-order valence-corrected chi connectivity index (χ4v) is 4.95. The molecule has 198 valence electrons. The van der Waals surface area contributed by atoms with Gasteiger partial charge in [0.05, 0.1) is 21.7 Å². The first-order valence-electron chi connectivity index (χ1n) is 11.7. The number of ether oxygens (including phenoxy) is 1. The maximum absolute atomic E-state index is 13.2. The van der Waals surface area contributed by atoms with E-state index in [9.17, 15) is 23.3 Å². The average molecular weight is 545 g/mol. The van der Waals surface area contributed by atoms with Crippen molar-refractivity contribution < 1.29 is 22.9 Å². The highest BCUT2D eigenvalue weighted by molar-refractivity contribution is 7.92. The predicted molar refractivity (Wildman–Crippen MR) is 147 cm³/mol. The Morgan fingerprint density at radius 1 is 0.897 bits per heavy atom. The summed E-state index contributed by atoms with van der Waals surface area (Å²) in [5, 5.41) is 14.7. The third kappa shape index (κ3) is 7.27. The average Bonchev–Trinajstić information content (AvgIpc) is 2.96. The van der Waals surface area contributed by atoms with Gasteiger partial charge < -0.3 is 4.74 Å². The van der Waals surface area contributed by atoms with Gasteiger partial charge in [0.15, 0.2) is 0 Å². The standard InChI is InChI=1S/C28H24N4O6S/c33-28(20-31(24-7-3-1-4-8-24)39(36,37)27-9-5-2-6-10-27)30-29-19-22-13-17-26(18-14-22)38-21-23-11-15-25(16-12-23)32(34)35/h1-19H,20-21H2,(H,30,33)/b29-19+. The first-order chi connectivity index (χ1) is 18.8. The second kappa shape index (κ2) is 12.5. The molecule has 4 rings (SSSR count). The number of sulfonamides is 1. The first kappa shape index (κ1) is 27.0. The fraction of sp³-hybridized carbons (Fsp3) is 0.0714. The van der Waals surface area contributed by atoms with Crippen molar-refractivity contribution in [2.45, 2.75) is 11.5 Å². The van der Waals surface area contributed by atoms with Crippen LogP contribution in [0.3, 0.4) is 0 Å². The van der Waals surface area contributed by atoms with Gasteiger partial charge in [0.25, 0.3) is 21.6 Å². The number of carbonyl (C=O) groups excluding carboxylic acids is 1. The lowest BCUT2D eigenvalue weighted by Crippen LogP contribution is -2.39. The third-order valence-electron chi connectivity index (χ3n) is 5.50. The Labute approximate surface area is 225 Å². The van der Waals surface area contributed by atoms with E-state index in [1.54, 1.807) is 84.9 Å². The summed E-state index contributed by atoms with van der Waals surface area (Å²) in [4.78, 5) is 23.0. The zero-order valence-electron chi connectivity index (χ0n) is 20.6. The Kier molecular flexibility index (Phi) is 8.64. The molecular weight excluding hydrogens is 520 g/mol. The molecule has 0 bridgehead atoms. The topological polar surface area (TPSA) is 131 Å². The van der Waals surface area contributed by atoms with E-state index < -0.39 is 27.4 Å². The van der Waals surface area contributed by atoms with Crippen molar-refractivity contribution >= 4 is 33.5 Å². The molecule has 4 aromatic rings. The van der Waals surface area contributed by atoms with Crippen molar-refractivity contribution in [1.29, 1.82) is 0 Å². The third-order valence-corrected chi connectivity index (χ3v) is 7.29. The molecule has 0 heterocycles. The number of nitro groups is 1. The number of carbonyl (C=O) groups is 1. The van der Waals surface area contributed by atoms with Crippen LogP contribution in [0, 0.1) is 10.1 Å². The van der Waals surface area contributed by atoms with Crippen LogP contribution < -0.4 is 14.5 Å². The lowest BCUT2D eigenvalue weighted by Gasteiger charge is -2.23. The van der Waals surface area contributed by atoms with E-state index in [0.717, 1.165) is 9.87 Å². The summed E-state index contributed by atoms with van der Waals surface area (Å²) in [6, 6.07) is 29.3. The van der Waals surface area contributed by atoms with Gasteiger partial charge in [0, 0.05) is 12.1 Å². The van der Waals surface area contributed by atoms with E-state index in [-0.39, 0.29) is 17.2 Å². The monoisotopic (exact) mass is 544 g/mol. The number of hydrogen-bond acceptors (Lipinski definition) is 7. The second-order valence-corrected chi connectivity index (χ2v) is 10.1. The number of anilines is 1. The van der Waals surface area contributed by atoms with Crippen molar-refractivity contribution in [1.82, 2.24) is 5.43 Å². The SMILES string of the molecule is O=C(CN(c1ccccc1)S(=O)(=O)c1ccccc1)N/N=C/c1ccc(OCc2ccc([N+](=O)[O-])cc2)cc1. The van der Waals surface area contributed by atoms with E-state index in [4.69, 9.17) is 4.74 Å². The molecule has 0 aromatic heterocycles. The van der Waals surface area contributed by atoms with Crippen molar-refractivity contribution in [2.24, 2.45) is 5.10 Å². The number of benzene rings is 4. The predicted octanol–water partition coefficient (Wildman–Crippen LogP) is 4.52. The quantitative estimate of drug-likeness (QED) is 0.168. The summed E-state index contributed by atoms with van der Waals surface area (Å²) in [6.07, 6.45) is 1.43. The van der Waals surface area contributed by atoms with Gasteiger partial charge in [0.1, 0.15) is 18.9 Å². The van der Waals surface area contributed by atoms with Gasteiger partial charge in [-0.05, 0) is 71.8 Å². The largest absolute Gasteiger partial charge is 0.489 e. The van der Waals surface area contributed by atoms with Gasteiger partial charge in [-0.1, -0.05) is 36.4 Å². The van der Waals surface area contributed by atoms with Crippen molar-refractivity contribution in [3.63, 3.8) is 0 Å². The molecule has 4 aromatic carbocycles. The summed E-state index contributed by atoms with van der Waals surface area (Å²) in [5.41, 5.74) is 4.20. The number of amides is 1. The van der Waals surface area contributed by atoms with E-state index >= 15 is 0 Å². The second-order valence-electron chi connectivity index (χ2n) is 8.23. The minimum Gasteiger partial charge on any atom is -0.489 e. The molecule has 0 fully saturated rings. The lowest BCUT2D eigenvalue weighted by atomic mass is 10.2. The Morgan fingerprint density at radius 3 is 2.13 bits per heavy atom. The molecule has 39 heavy (non-hydrogen) atoms. The van der Waals surface area contributed by atoms with Gasteiger partial charge in [-0.25, -0.2) is 13.8 Å². The van der Waals surface area contributed by atoms with Crippen LogP contribution in [0.4, 0.5) is 11.4 Å². The van der Waals surface area contributed by atoms with Crippen molar-refractivity contribution in [2.75, 3.05) is 10.8 Å². The molecule has 0 aliphatic carbocycles. The number of hydrazone groups is 1. The minimum atomic E-state index is -3.99. The zero-order valence-corrected chi connectivity index (χ0v) is 21.4.